The molecule has 1 aliphatic rings. The predicted octanol–water partition coefficient (Wildman–Crippen LogP) is 1.91. The van der Waals surface area contributed by atoms with Crippen LogP contribution >= 0.6 is 0 Å². The highest BCUT2D eigenvalue weighted by Gasteiger charge is 2.24. The summed E-state index contributed by atoms with van der Waals surface area (Å²) < 4.78 is 4.95. The fourth-order valence-electron chi connectivity index (χ4n) is 2.18. The Morgan fingerprint density at radius 3 is 2.73 bits per heavy atom. The molecule has 1 saturated carbocycles. The summed E-state index contributed by atoms with van der Waals surface area (Å²) in [5, 5.41) is 0. The maximum Gasteiger partial charge on any atom is 0.140 e. The third-order valence-corrected chi connectivity index (χ3v) is 3.19. The van der Waals surface area contributed by atoms with Gasteiger partial charge in [-0.15, -0.1) is 0 Å². The Bertz CT molecular complexity index is 310. The number of carbonyl (C=O) groups excluding carboxylic acids is 1. The average molecular weight is 207 g/mol. The van der Waals surface area contributed by atoms with Crippen LogP contribution in [0.4, 0.5) is 0 Å². The monoisotopic (exact) mass is 207 g/mol. The highest BCUT2D eigenvalue weighted by atomic mass is 16.3. The highest BCUT2D eigenvalue weighted by Crippen LogP contribution is 2.25. The minimum Gasteiger partial charge on any atom is -0.472 e. The molecule has 3 nitrogen and oxygen atoms in total. The lowest BCUT2D eigenvalue weighted by atomic mass is 9.82. The molecule has 0 radical (unpaired) electrons. The summed E-state index contributed by atoms with van der Waals surface area (Å²) in [5.74, 6) is 0.558. The van der Waals surface area contributed by atoms with E-state index in [1.165, 1.54) is 0 Å². The van der Waals surface area contributed by atoms with E-state index < -0.39 is 0 Å². The fourth-order valence-corrected chi connectivity index (χ4v) is 2.18. The van der Waals surface area contributed by atoms with Gasteiger partial charge in [-0.05, 0) is 37.3 Å². The first-order chi connectivity index (χ1) is 7.25. The zero-order valence-electron chi connectivity index (χ0n) is 8.82. The van der Waals surface area contributed by atoms with Gasteiger partial charge in [0.1, 0.15) is 5.78 Å². The number of Topliss-reactive ketones (excluding diaryl/α,β-unsaturated/α-hetero) is 1. The van der Waals surface area contributed by atoms with E-state index in [9.17, 15) is 4.79 Å². The second-order valence-corrected chi connectivity index (χ2v) is 4.39. The van der Waals surface area contributed by atoms with Gasteiger partial charge in [0, 0.05) is 18.4 Å². The second kappa shape index (κ2) is 4.62. The van der Waals surface area contributed by atoms with E-state index >= 15 is 0 Å². The molecule has 0 aromatic carbocycles. The van der Waals surface area contributed by atoms with Crippen molar-refractivity contribution in [1.82, 2.24) is 0 Å². The third-order valence-electron chi connectivity index (χ3n) is 3.19. The molecule has 15 heavy (non-hydrogen) atoms. The Kier molecular flexibility index (Phi) is 3.21. The number of hydrogen-bond acceptors (Lipinski definition) is 3. The molecule has 0 spiro atoms. The van der Waals surface area contributed by atoms with Gasteiger partial charge < -0.3 is 10.2 Å². The molecule has 0 saturated heterocycles. The van der Waals surface area contributed by atoms with Crippen LogP contribution in [0, 0.1) is 5.92 Å². The molecule has 1 aromatic heterocycles. The van der Waals surface area contributed by atoms with Crippen LogP contribution in [-0.2, 0) is 11.2 Å². The molecule has 0 bridgehead atoms. The predicted molar refractivity (Wildman–Crippen MR) is 57.4 cm³/mol. The summed E-state index contributed by atoms with van der Waals surface area (Å²) in [6.45, 7) is 0. The van der Waals surface area contributed by atoms with Gasteiger partial charge in [-0.1, -0.05) is 0 Å². The van der Waals surface area contributed by atoms with Gasteiger partial charge in [-0.2, -0.15) is 0 Å². The number of rotatable bonds is 3. The zero-order chi connectivity index (χ0) is 10.7. The van der Waals surface area contributed by atoms with Crippen LogP contribution in [0.5, 0.6) is 0 Å². The lowest BCUT2D eigenvalue weighted by Crippen LogP contribution is -2.30. The van der Waals surface area contributed by atoms with Crippen molar-refractivity contribution >= 4 is 5.78 Å². The summed E-state index contributed by atoms with van der Waals surface area (Å²) in [4.78, 5) is 11.9. The van der Waals surface area contributed by atoms with E-state index in [4.69, 9.17) is 10.2 Å². The van der Waals surface area contributed by atoms with Crippen LogP contribution < -0.4 is 5.73 Å². The minimum absolute atomic E-state index is 0.222. The lowest BCUT2D eigenvalue weighted by molar-refractivity contribution is -0.123. The molecular formula is C12H17NO2. The van der Waals surface area contributed by atoms with Crippen LogP contribution in [0.3, 0.4) is 0 Å². The van der Waals surface area contributed by atoms with E-state index in [2.05, 4.69) is 0 Å². The van der Waals surface area contributed by atoms with Crippen LogP contribution in [0.25, 0.3) is 0 Å². The Labute approximate surface area is 89.6 Å². The SMILES string of the molecule is NC1CCC(C(=O)Cc2ccoc2)CC1. The van der Waals surface area contributed by atoms with Gasteiger partial charge in [0.05, 0.1) is 12.5 Å². The maximum atomic E-state index is 11.9. The molecule has 3 heteroatoms. The summed E-state index contributed by atoms with van der Waals surface area (Å²) in [5.41, 5.74) is 6.79. The van der Waals surface area contributed by atoms with Crippen molar-refractivity contribution in [3.8, 4) is 0 Å². The highest BCUT2D eigenvalue weighted by molar-refractivity contribution is 5.83. The summed E-state index contributed by atoms with van der Waals surface area (Å²) in [6, 6.07) is 2.16. The van der Waals surface area contributed by atoms with Crippen LogP contribution in [0.15, 0.2) is 23.0 Å². The molecule has 0 unspecified atom stereocenters. The van der Waals surface area contributed by atoms with Crippen LogP contribution in [0.2, 0.25) is 0 Å². The van der Waals surface area contributed by atoms with Crippen LogP contribution in [0.1, 0.15) is 31.2 Å². The Balaban J connectivity index is 1.86. The van der Waals surface area contributed by atoms with E-state index in [0.29, 0.717) is 18.2 Å². The Morgan fingerprint density at radius 1 is 1.40 bits per heavy atom. The van der Waals surface area contributed by atoms with Crippen LogP contribution in [-0.4, -0.2) is 11.8 Å². The first-order valence-corrected chi connectivity index (χ1v) is 5.55. The minimum atomic E-state index is 0.222. The molecule has 2 rings (SSSR count). The van der Waals surface area contributed by atoms with Crippen molar-refractivity contribution < 1.29 is 9.21 Å². The smallest absolute Gasteiger partial charge is 0.140 e. The first kappa shape index (κ1) is 10.4. The van der Waals surface area contributed by atoms with Gasteiger partial charge >= 0.3 is 0 Å². The van der Waals surface area contributed by atoms with Crippen molar-refractivity contribution in [3.63, 3.8) is 0 Å². The normalized spacial score (nSPS) is 26.5. The standard InChI is InChI=1S/C12H17NO2/c13-11-3-1-10(2-4-11)12(14)7-9-5-6-15-8-9/h5-6,8,10-11H,1-4,7,13H2. The van der Waals surface area contributed by atoms with E-state index in [1.807, 2.05) is 6.07 Å². The van der Waals surface area contributed by atoms with Gasteiger partial charge in [-0.3, -0.25) is 4.79 Å². The van der Waals surface area contributed by atoms with Gasteiger partial charge in [0.15, 0.2) is 0 Å². The van der Waals surface area contributed by atoms with Gasteiger partial charge in [0.2, 0.25) is 0 Å². The maximum absolute atomic E-state index is 11.9. The Hall–Kier alpha value is -1.09. The number of nitrogens with two attached hydrogens (primary N) is 1. The molecule has 1 aliphatic carbocycles. The average Bonchev–Trinajstić information content (AvgIpc) is 2.71. The molecule has 0 atom stereocenters. The Morgan fingerprint density at radius 2 is 2.13 bits per heavy atom. The molecular weight excluding hydrogens is 190 g/mol. The number of hydrogen-bond donors (Lipinski definition) is 1. The van der Waals surface area contributed by atoms with Gasteiger partial charge in [0.25, 0.3) is 0 Å². The number of carbonyl (C=O) groups is 1. The summed E-state index contributed by atoms with van der Waals surface area (Å²) in [6.07, 6.45) is 7.65. The topological polar surface area (TPSA) is 56.2 Å². The van der Waals surface area contributed by atoms with E-state index in [-0.39, 0.29) is 5.92 Å². The quantitative estimate of drug-likeness (QED) is 0.823. The molecule has 1 fully saturated rings. The molecule has 2 N–H and O–H groups in total. The fraction of sp³-hybridized carbons (Fsp3) is 0.583. The van der Waals surface area contributed by atoms with Crippen molar-refractivity contribution in [2.75, 3.05) is 0 Å². The molecule has 0 aliphatic heterocycles. The third kappa shape index (κ3) is 2.69. The van der Waals surface area contributed by atoms with E-state index in [0.717, 1.165) is 31.2 Å². The largest absolute Gasteiger partial charge is 0.472 e. The van der Waals surface area contributed by atoms with Crippen molar-refractivity contribution in [2.24, 2.45) is 11.7 Å². The van der Waals surface area contributed by atoms with Crippen molar-refractivity contribution in [3.05, 3.63) is 24.2 Å². The molecule has 82 valence electrons. The van der Waals surface area contributed by atoms with E-state index in [1.54, 1.807) is 12.5 Å². The number of furan rings is 1. The lowest BCUT2D eigenvalue weighted by Gasteiger charge is -2.24. The summed E-state index contributed by atoms with van der Waals surface area (Å²) >= 11 is 0. The molecule has 1 heterocycles. The summed E-state index contributed by atoms with van der Waals surface area (Å²) in [7, 11) is 0. The molecule has 1 aromatic rings. The number of ketones is 1. The zero-order valence-corrected chi connectivity index (χ0v) is 8.82. The van der Waals surface area contributed by atoms with Crippen molar-refractivity contribution in [1.29, 1.82) is 0 Å². The molecule has 0 amide bonds. The second-order valence-electron chi connectivity index (χ2n) is 4.39. The van der Waals surface area contributed by atoms with Gasteiger partial charge in [-0.25, -0.2) is 0 Å². The first-order valence-electron chi connectivity index (χ1n) is 5.55. The van der Waals surface area contributed by atoms with Crippen molar-refractivity contribution in [2.45, 2.75) is 38.1 Å².